The number of rotatable bonds is 10. The van der Waals surface area contributed by atoms with Crippen molar-refractivity contribution in [2.24, 2.45) is 0 Å². The Kier molecular flexibility index (Phi) is 13.1. The minimum absolute atomic E-state index is 0. The quantitative estimate of drug-likeness (QED) is 0.121. The molecule has 2 rings (SSSR count). The molecule has 0 spiro atoms. The van der Waals surface area contributed by atoms with Gasteiger partial charge in [-0.05, 0) is 45.9 Å². The van der Waals surface area contributed by atoms with Gasteiger partial charge in [-0.15, -0.1) is 0 Å². The van der Waals surface area contributed by atoms with Crippen LogP contribution in [0.5, 0.6) is 11.5 Å². The Bertz CT molecular complexity index is 942. The third-order valence-electron chi connectivity index (χ3n) is 6.07. The van der Waals surface area contributed by atoms with E-state index in [9.17, 15) is 9.59 Å². The van der Waals surface area contributed by atoms with E-state index >= 15 is 0 Å². The minimum atomic E-state index is -0.795. The summed E-state index contributed by atoms with van der Waals surface area (Å²) < 4.78 is 22.2. The maximum Gasteiger partial charge on any atom is 0.518 e. The SMILES string of the molecule is CC(C)c1cccc(C(C)C)c1OC(=O)OC[N+](C)(C)COC(=O)Oc1c(C(C)C)cccc1C(C)C.[I-]. The van der Waals surface area contributed by atoms with Gasteiger partial charge in [-0.1, -0.05) is 91.8 Å². The maximum atomic E-state index is 12.6. The van der Waals surface area contributed by atoms with E-state index in [1.165, 1.54) is 0 Å². The number of carbonyl (C=O) groups is 2. The summed E-state index contributed by atoms with van der Waals surface area (Å²) in [5, 5.41) is 0. The Hall–Kier alpha value is -2.33. The standard InChI is InChI=1S/C30H44NO6.HI/c1-19(2)23-13-11-14-24(20(3)4)27(23)36-29(32)34-17-31(9,10)18-35-30(33)37-28-25(21(5)6)15-12-16-26(28)22(7)8;/h11-16,19-22H,17-18H2,1-10H3;1H/q+1;/p-1. The van der Waals surface area contributed by atoms with Gasteiger partial charge in [0.15, 0.2) is 0 Å². The fraction of sp³-hybridized carbons (Fsp3) is 0.533. The van der Waals surface area contributed by atoms with Crippen LogP contribution in [0.1, 0.15) is 101 Å². The Balaban J connectivity index is 0.00000722. The van der Waals surface area contributed by atoms with Crippen molar-refractivity contribution in [1.82, 2.24) is 0 Å². The summed E-state index contributed by atoms with van der Waals surface area (Å²) in [6, 6.07) is 11.8. The lowest BCUT2D eigenvalue weighted by molar-refractivity contribution is -0.923. The summed E-state index contributed by atoms with van der Waals surface area (Å²) in [5.41, 5.74) is 3.80. The first-order valence-corrected chi connectivity index (χ1v) is 13.0. The molecule has 0 aromatic heterocycles. The first-order valence-electron chi connectivity index (χ1n) is 13.0. The van der Waals surface area contributed by atoms with Crippen LogP contribution in [0.25, 0.3) is 0 Å². The van der Waals surface area contributed by atoms with Gasteiger partial charge in [-0.2, -0.15) is 0 Å². The van der Waals surface area contributed by atoms with Crippen LogP contribution in [0.4, 0.5) is 9.59 Å². The molecule has 0 radical (unpaired) electrons. The highest BCUT2D eigenvalue weighted by molar-refractivity contribution is 5.66. The molecule has 0 unspecified atom stereocenters. The lowest BCUT2D eigenvalue weighted by atomic mass is 9.94. The van der Waals surface area contributed by atoms with Gasteiger partial charge in [0, 0.05) is 0 Å². The third-order valence-corrected chi connectivity index (χ3v) is 6.07. The van der Waals surface area contributed by atoms with Crippen molar-refractivity contribution < 1.29 is 57.0 Å². The second kappa shape index (κ2) is 14.7. The van der Waals surface area contributed by atoms with Crippen molar-refractivity contribution in [2.75, 3.05) is 27.6 Å². The van der Waals surface area contributed by atoms with Crippen molar-refractivity contribution in [3.63, 3.8) is 0 Å². The molecule has 8 heteroatoms. The number of carbonyl (C=O) groups excluding carboxylic acids is 2. The van der Waals surface area contributed by atoms with Gasteiger partial charge in [0.25, 0.3) is 0 Å². The van der Waals surface area contributed by atoms with Gasteiger partial charge >= 0.3 is 12.3 Å². The summed E-state index contributed by atoms with van der Waals surface area (Å²) in [5.74, 6) is 1.84. The predicted octanol–water partition coefficient (Wildman–Crippen LogP) is 4.91. The Morgan fingerprint density at radius 1 is 0.605 bits per heavy atom. The predicted molar refractivity (Wildman–Crippen MR) is 145 cm³/mol. The van der Waals surface area contributed by atoms with Crippen LogP contribution in [-0.2, 0) is 9.47 Å². The fourth-order valence-corrected chi connectivity index (χ4v) is 3.92. The molecule has 0 aliphatic rings. The smallest absolute Gasteiger partial charge is 0.518 e. The number of nitrogens with zero attached hydrogens (tertiary/aromatic N) is 1. The van der Waals surface area contributed by atoms with Crippen LogP contribution >= 0.6 is 0 Å². The molecule has 0 atom stereocenters. The van der Waals surface area contributed by atoms with Crippen molar-refractivity contribution in [1.29, 1.82) is 0 Å². The fourth-order valence-electron chi connectivity index (χ4n) is 3.92. The molecule has 38 heavy (non-hydrogen) atoms. The van der Waals surface area contributed by atoms with Crippen LogP contribution in [0, 0.1) is 0 Å². The molecule has 2 aromatic rings. The molecule has 0 saturated heterocycles. The number of hydrogen-bond acceptors (Lipinski definition) is 6. The van der Waals surface area contributed by atoms with Crippen molar-refractivity contribution in [2.45, 2.75) is 79.1 Å². The van der Waals surface area contributed by atoms with Gasteiger partial charge in [0.1, 0.15) is 11.5 Å². The summed E-state index contributed by atoms with van der Waals surface area (Å²) in [6.45, 7) is 16.3. The molecule has 0 amide bonds. The lowest BCUT2D eigenvalue weighted by Gasteiger charge is -2.27. The van der Waals surface area contributed by atoms with Gasteiger partial charge < -0.3 is 42.9 Å². The molecule has 0 bridgehead atoms. The number of hydrogen-bond donors (Lipinski definition) is 0. The maximum absolute atomic E-state index is 12.6. The van der Waals surface area contributed by atoms with Crippen LogP contribution < -0.4 is 33.5 Å². The van der Waals surface area contributed by atoms with E-state index in [0.717, 1.165) is 22.3 Å². The van der Waals surface area contributed by atoms with Gasteiger partial charge in [-0.3, -0.25) is 4.48 Å². The zero-order valence-electron chi connectivity index (χ0n) is 24.5. The van der Waals surface area contributed by atoms with Gasteiger partial charge in [0.05, 0.1) is 14.1 Å². The molecule has 212 valence electrons. The number of ether oxygens (including phenoxy) is 4. The summed E-state index contributed by atoms with van der Waals surface area (Å²) >= 11 is 0. The number of para-hydroxylation sites is 2. The van der Waals surface area contributed by atoms with E-state index in [2.05, 4.69) is 55.4 Å². The van der Waals surface area contributed by atoms with Crippen LogP contribution in [-0.4, -0.2) is 44.4 Å². The summed E-state index contributed by atoms with van der Waals surface area (Å²) in [4.78, 5) is 25.2. The molecule has 0 aliphatic carbocycles. The van der Waals surface area contributed by atoms with Gasteiger partial charge in [-0.25, -0.2) is 9.59 Å². The highest BCUT2D eigenvalue weighted by atomic mass is 127. The zero-order chi connectivity index (χ0) is 27.9. The first kappa shape index (κ1) is 33.7. The summed E-state index contributed by atoms with van der Waals surface area (Å²) in [6.07, 6.45) is -1.59. The average molecular weight is 642 g/mol. The van der Waals surface area contributed by atoms with E-state index in [4.69, 9.17) is 18.9 Å². The number of quaternary nitrogens is 1. The molecule has 0 heterocycles. The molecule has 0 fully saturated rings. The molecular formula is C30H44INO6. The largest absolute Gasteiger partial charge is 1.00 e. The van der Waals surface area contributed by atoms with Crippen LogP contribution in [0.3, 0.4) is 0 Å². The molecule has 0 saturated carbocycles. The second-order valence-electron chi connectivity index (χ2n) is 11.3. The summed E-state index contributed by atoms with van der Waals surface area (Å²) in [7, 11) is 3.56. The van der Waals surface area contributed by atoms with Crippen molar-refractivity contribution >= 4 is 12.3 Å². The topological polar surface area (TPSA) is 71.1 Å². The molecule has 2 aromatic carbocycles. The average Bonchev–Trinajstić information content (AvgIpc) is 2.81. The second-order valence-corrected chi connectivity index (χ2v) is 11.3. The Morgan fingerprint density at radius 2 is 0.868 bits per heavy atom. The molecule has 7 nitrogen and oxygen atoms in total. The molecule has 0 aliphatic heterocycles. The van der Waals surface area contributed by atoms with Crippen LogP contribution in [0.2, 0.25) is 0 Å². The number of halogens is 1. The van der Waals surface area contributed by atoms with Crippen molar-refractivity contribution in [3.8, 4) is 11.5 Å². The van der Waals surface area contributed by atoms with Gasteiger partial charge in [0.2, 0.25) is 13.5 Å². The Morgan fingerprint density at radius 3 is 1.11 bits per heavy atom. The molecular weight excluding hydrogens is 597 g/mol. The third kappa shape index (κ3) is 9.45. The van der Waals surface area contributed by atoms with E-state index in [0.29, 0.717) is 11.5 Å². The van der Waals surface area contributed by atoms with E-state index < -0.39 is 12.3 Å². The number of benzene rings is 2. The van der Waals surface area contributed by atoms with Crippen LogP contribution in [0.15, 0.2) is 36.4 Å². The Labute approximate surface area is 245 Å². The minimum Gasteiger partial charge on any atom is -1.00 e. The van der Waals surface area contributed by atoms with E-state index in [1.807, 2.05) is 36.4 Å². The van der Waals surface area contributed by atoms with E-state index in [-0.39, 0.29) is 65.6 Å². The highest BCUT2D eigenvalue weighted by Gasteiger charge is 2.25. The lowest BCUT2D eigenvalue weighted by Crippen LogP contribution is -3.00. The zero-order valence-corrected chi connectivity index (χ0v) is 26.6. The molecule has 0 N–H and O–H groups in total. The monoisotopic (exact) mass is 641 g/mol. The first-order chi connectivity index (χ1) is 17.2. The highest BCUT2D eigenvalue weighted by Crippen LogP contribution is 2.36. The van der Waals surface area contributed by atoms with E-state index in [1.54, 1.807) is 14.1 Å². The van der Waals surface area contributed by atoms with Crippen molar-refractivity contribution in [3.05, 3.63) is 58.7 Å². The normalized spacial score (nSPS) is 11.5.